The molecular weight excluding hydrogens is 344 g/mol. The minimum atomic E-state index is -1.31. The number of rotatable bonds is 1. The summed E-state index contributed by atoms with van der Waals surface area (Å²) in [6, 6.07) is 8.26. The Hall–Kier alpha value is -2.15. The Morgan fingerprint density at radius 1 is 1.44 bits per heavy atom. The third-order valence-corrected chi connectivity index (χ3v) is 6.60. The number of para-hydroxylation sites is 1. The number of carbonyl (C=O) groups is 1. The van der Waals surface area contributed by atoms with Gasteiger partial charge in [0.15, 0.2) is 11.8 Å². The summed E-state index contributed by atoms with van der Waals surface area (Å²) in [5, 5.41) is 15.8. The molecule has 0 spiro atoms. The fraction of sp³-hybridized carbons (Fsp3) is 0.476. The Labute approximate surface area is 157 Å². The van der Waals surface area contributed by atoms with Gasteiger partial charge in [0.05, 0.1) is 13.7 Å². The highest BCUT2D eigenvalue weighted by Gasteiger charge is 2.62. The predicted octanol–water partition coefficient (Wildman–Crippen LogP) is 2.01. The van der Waals surface area contributed by atoms with Crippen LogP contribution >= 0.6 is 0 Å². The topological polar surface area (TPSA) is 72.7 Å². The van der Waals surface area contributed by atoms with E-state index >= 15 is 0 Å². The molecule has 1 fully saturated rings. The van der Waals surface area contributed by atoms with Crippen molar-refractivity contribution in [3.8, 4) is 0 Å². The summed E-state index contributed by atoms with van der Waals surface area (Å²) in [6.07, 6.45) is 2.38. The number of nitrogens with zero attached hydrogens (tertiary/aromatic N) is 1. The van der Waals surface area contributed by atoms with Crippen LogP contribution in [-0.2, 0) is 26.2 Å². The van der Waals surface area contributed by atoms with E-state index in [0.717, 1.165) is 41.6 Å². The van der Waals surface area contributed by atoms with E-state index < -0.39 is 17.8 Å². The Kier molecular flexibility index (Phi) is 3.73. The van der Waals surface area contributed by atoms with Gasteiger partial charge in [0.25, 0.3) is 0 Å². The first kappa shape index (κ1) is 17.0. The molecule has 0 aliphatic carbocycles. The highest BCUT2D eigenvalue weighted by molar-refractivity contribution is 5.91. The number of carbonyl (C=O) groups excluding carboxylic acids is 1. The minimum absolute atomic E-state index is 0.143. The van der Waals surface area contributed by atoms with Crippen molar-refractivity contribution < 1.29 is 19.4 Å². The molecule has 1 aromatic heterocycles. The number of fused-ring (bicyclic) bond motifs is 5. The van der Waals surface area contributed by atoms with Crippen LogP contribution in [0.5, 0.6) is 0 Å². The molecule has 0 saturated carbocycles. The van der Waals surface area contributed by atoms with Crippen LogP contribution in [0.3, 0.4) is 0 Å². The van der Waals surface area contributed by atoms with Crippen molar-refractivity contribution in [1.29, 1.82) is 0 Å². The molecule has 27 heavy (non-hydrogen) atoms. The standard InChI is InChI=1S/C21H24N2O4/c1-3-12-11-27-20(25)21(19(24)26-2)15(12)10-16-18-14(8-9-22-16)13-6-4-5-7-17(13)23(18)21/h3-7,15-16,20,22,25H,8-11H2,1-2H3/b12-3+. The number of esters is 1. The number of aliphatic hydroxyl groups is 1. The van der Waals surface area contributed by atoms with Crippen LogP contribution in [0.25, 0.3) is 10.9 Å². The number of nitrogens with one attached hydrogen (secondary N) is 1. The molecule has 5 rings (SSSR count). The molecule has 3 aliphatic heterocycles. The molecular formula is C21H24N2O4. The monoisotopic (exact) mass is 368 g/mol. The van der Waals surface area contributed by atoms with Crippen molar-refractivity contribution >= 4 is 16.9 Å². The van der Waals surface area contributed by atoms with Gasteiger partial charge in [-0.1, -0.05) is 24.3 Å². The largest absolute Gasteiger partial charge is 0.467 e. The molecule has 0 amide bonds. The second-order valence-corrected chi connectivity index (χ2v) is 7.61. The zero-order valence-electron chi connectivity index (χ0n) is 15.6. The van der Waals surface area contributed by atoms with Gasteiger partial charge in [-0.05, 0) is 43.5 Å². The number of benzene rings is 1. The number of aliphatic hydroxyl groups excluding tert-OH is 1. The number of allylic oxidation sites excluding steroid dienone is 1. The van der Waals surface area contributed by atoms with E-state index in [1.54, 1.807) is 0 Å². The van der Waals surface area contributed by atoms with Crippen LogP contribution in [0.4, 0.5) is 0 Å². The fourth-order valence-corrected chi connectivity index (χ4v) is 5.49. The maximum atomic E-state index is 13.3. The van der Waals surface area contributed by atoms with E-state index in [0.29, 0.717) is 6.61 Å². The molecule has 4 atom stereocenters. The van der Waals surface area contributed by atoms with Crippen molar-refractivity contribution in [2.45, 2.75) is 37.6 Å². The first-order valence-corrected chi connectivity index (χ1v) is 9.53. The summed E-state index contributed by atoms with van der Waals surface area (Å²) < 4.78 is 13.0. The molecule has 0 radical (unpaired) electrons. The van der Waals surface area contributed by atoms with Crippen molar-refractivity contribution in [2.75, 3.05) is 20.3 Å². The third-order valence-electron chi connectivity index (χ3n) is 6.60. The average Bonchev–Trinajstić information content (AvgIpc) is 3.05. The van der Waals surface area contributed by atoms with Crippen LogP contribution in [-0.4, -0.2) is 42.2 Å². The highest BCUT2D eigenvalue weighted by Crippen LogP contribution is 2.53. The average molecular weight is 368 g/mol. The number of hydrogen-bond donors (Lipinski definition) is 2. The molecule has 6 heteroatoms. The predicted molar refractivity (Wildman–Crippen MR) is 100 cm³/mol. The molecule has 6 nitrogen and oxygen atoms in total. The fourth-order valence-electron chi connectivity index (χ4n) is 5.49. The first-order valence-electron chi connectivity index (χ1n) is 9.53. The summed E-state index contributed by atoms with van der Waals surface area (Å²) in [4.78, 5) is 13.3. The summed E-state index contributed by atoms with van der Waals surface area (Å²) in [5.41, 5.74) is 3.02. The summed E-state index contributed by atoms with van der Waals surface area (Å²) in [5.74, 6) is -0.642. The molecule has 2 aromatic rings. The number of aromatic nitrogens is 1. The zero-order valence-corrected chi connectivity index (χ0v) is 15.6. The van der Waals surface area contributed by atoms with E-state index in [1.165, 1.54) is 12.7 Å². The van der Waals surface area contributed by atoms with E-state index in [-0.39, 0.29) is 12.0 Å². The Morgan fingerprint density at radius 3 is 3.04 bits per heavy atom. The van der Waals surface area contributed by atoms with Crippen LogP contribution in [0, 0.1) is 5.92 Å². The second-order valence-electron chi connectivity index (χ2n) is 7.61. The maximum absolute atomic E-state index is 13.3. The van der Waals surface area contributed by atoms with Gasteiger partial charge >= 0.3 is 5.97 Å². The smallest absolute Gasteiger partial charge is 0.338 e. The lowest BCUT2D eigenvalue weighted by Crippen LogP contribution is -2.64. The number of methoxy groups -OCH3 is 1. The van der Waals surface area contributed by atoms with Gasteiger partial charge in [-0.15, -0.1) is 0 Å². The molecule has 2 N–H and O–H groups in total. The first-order chi connectivity index (χ1) is 13.1. The van der Waals surface area contributed by atoms with Gasteiger partial charge in [-0.25, -0.2) is 4.79 Å². The summed E-state index contributed by atoms with van der Waals surface area (Å²) in [7, 11) is 1.38. The van der Waals surface area contributed by atoms with Gasteiger partial charge in [-0.2, -0.15) is 0 Å². The molecule has 142 valence electrons. The summed E-state index contributed by atoms with van der Waals surface area (Å²) >= 11 is 0. The quantitative estimate of drug-likeness (QED) is 0.595. The van der Waals surface area contributed by atoms with E-state index in [2.05, 4.69) is 11.4 Å². The van der Waals surface area contributed by atoms with Crippen LogP contribution in [0.2, 0.25) is 0 Å². The normalized spacial score (nSPS) is 33.6. The van der Waals surface area contributed by atoms with Gasteiger partial charge in [-0.3, -0.25) is 0 Å². The van der Waals surface area contributed by atoms with Crippen molar-refractivity contribution in [3.63, 3.8) is 0 Å². The Balaban J connectivity index is 1.92. The second kappa shape index (κ2) is 5.92. The lowest BCUT2D eigenvalue weighted by atomic mass is 9.69. The minimum Gasteiger partial charge on any atom is -0.467 e. The van der Waals surface area contributed by atoms with E-state index in [1.807, 2.05) is 35.8 Å². The Morgan fingerprint density at radius 2 is 2.26 bits per heavy atom. The Bertz CT molecular complexity index is 962. The molecule has 0 bridgehead atoms. The van der Waals surface area contributed by atoms with Gasteiger partial charge in [0.2, 0.25) is 0 Å². The van der Waals surface area contributed by atoms with Gasteiger partial charge in [0, 0.05) is 28.6 Å². The van der Waals surface area contributed by atoms with Gasteiger partial charge in [0.1, 0.15) is 0 Å². The third kappa shape index (κ3) is 1.98. The SMILES string of the molecule is C/C=C1\COC(O)C2(C(=O)OC)C1CC1NCCc3c1n2c1ccccc31. The van der Waals surface area contributed by atoms with E-state index in [9.17, 15) is 9.90 Å². The van der Waals surface area contributed by atoms with Crippen LogP contribution in [0.1, 0.15) is 30.6 Å². The molecule has 4 unspecified atom stereocenters. The zero-order chi connectivity index (χ0) is 18.8. The van der Waals surface area contributed by atoms with E-state index in [4.69, 9.17) is 9.47 Å². The number of hydrogen-bond acceptors (Lipinski definition) is 5. The van der Waals surface area contributed by atoms with Crippen molar-refractivity contribution in [3.05, 3.63) is 47.2 Å². The maximum Gasteiger partial charge on any atom is 0.338 e. The van der Waals surface area contributed by atoms with Crippen LogP contribution in [0.15, 0.2) is 35.9 Å². The van der Waals surface area contributed by atoms with Gasteiger partial charge < -0.3 is 24.5 Å². The van der Waals surface area contributed by atoms with Crippen molar-refractivity contribution in [2.24, 2.45) is 5.92 Å². The number of ether oxygens (including phenoxy) is 2. The summed E-state index contributed by atoms with van der Waals surface area (Å²) in [6.45, 7) is 3.20. The lowest BCUT2D eigenvalue weighted by molar-refractivity contribution is -0.219. The molecule has 1 aromatic carbocycles. The molecule has 1 saturated heterocycles. The molecule has 3 aliphatic rings. The lowest BCUT2D eigenvalue weighted by Gasteiger charge is -2.52. The highest BCUT2D eigenvalue weighted by atomic mass is 16.6. The van der Waals surface area contributed by atoms with Crippen molar-refractivity contribution in [1.82, 2.24) is 9.88 Å². The van der Waals surface area contributed by atoms with Crippen LogP contribution < -0.4 is 5.32 Å². The molecule has 4 heterocycles.